The van der Waals surface area contributed by atoms with Gasteiger partial charge in [-0.05, 0) is 13.0 Å². The van der Waals surface area contributed by atoms with Crippen LogP contribution >= 0.6 is 0 Å². The van der Waals surface area contributed by atoms with E-state index in [1.54, 1.807) is 0 Å². The Bertz CT molecular complexity index is 54.5. The van der Waals surface area contributed by atoms with Crippen molar-refractivity contribution in [2.45, 2.75) is 13.0 Å². The third kappa shape index (κ3) is 5.92. The van der Waals surface area contributed by atoms with Crippen LogP contribution in [0.1, 0.15) is 6.92 Å². The molecule has 2 heteroatoms. The van der Waals surface area contributed by atoms with Crippen LogP contribution in [0, 0.1) is 0 Å². The quantitative estimate of drug-likeness (QED) is 0.303. The topological polar surface area (TPSA) is 9.23 Å². The van der Waals surface area contributed by atoms with Gasteiger partial charge in [-0.15, -0.1) is 6.58 Å². The molecule has 0 fully saturated rings. The Morgan fingerprint density at radius 1 is 1.75 bits per heavy atom. The zero-order valence-electron chi connectivity index (χ0n) is 5.52. The van der Waals surface area contributed by atoms with Crippen molar-refractivity contribution in [3.8, 4) is 0 Å². The van der Waals surface area contributed by atoms with Crippen molar-refractivity contribution in [3.63, 3.8) is 0 Å². The van der Waals surface area contributed by atoms with Crippen LogP contribution in [-0.4, -0.2) is 22.4 Å². The first kappa shape index (κ1) is 7.92. The Labute approximate surface area is 53.6 Å². The molecule has 0 bridgehead atoms. The van der Waals surface area contributed by atoms with Gasteiger partial charge in [0.25, 0.3) is 0 Å². The van der Waals surface area contributed by atoms with Crippen molar-refractivity contribution in [2.24, 2.45) is 0 Å². The largest absolute Gasteiger partial charge is 0.386 e. The van der Waals surface area contributed by atoms with E-state index in [1.165, 1.54) is 6.04 Å². The molecule has 0 N–H and O–H groups in total. The number of hydrogen-bond donors (Lipinski definition) is 0. The predicted molar refractivity (Wildman–Crippen MR) is 40.0 cm³/mol. The molecule has 0 rings (SSSR count). The average molecular weight is 130 g/mol. The zero-order chi connectivity index (χ0) is 6.24. The Balaban J connectivity index is 2.62. The number of allylic oxidation sites excluding steroid dienone is 1. The molecule has 0 heterocycles. The molecule has 0 aliphatic carbocycles. The first-order valence-corrected chi connectivity index (χ1v) is 5.10. The second kappa shape index (κ2) is 6.92. The summed E-state index contributed by atoms with van der Waals surface area (Å²) in [5.74, 6) is 0. The van der Waals surface area contributed by atoms with Crippen molar-refractivity contribution >= 4 is 9.52 Å². The molecule has 0 unspecified atom stereocenters. The van der Waals surface area contributed by atoms with Crippen LogP contribution in [0.15, 0.2) is 12.7 Å². The van der Waals surface area contributed by atoms with Crippen LogP contribution in [0.4, 0.5) is 0 Å². The van der Waals surface area contributed by atoms with E-state index in [2.05, 4.69) is 6.58 Å². The molecule has 0 aliphatic rings. The Kier molecular flexibility index (Phi) is 6.85. The highest BCUT2D eigenvalue weighted by Gasteiger charge is 1.81. The van der Waals surface area contributed by atoms with E-state index in [-0.39, 0.29) is 9.52 Å². The molecular formula is C6H14OSi. The van der Waals surface area contributed by atoms with Crippen molar-refractivity contribution in [1.82, 2.24) is 0 Å². The molecule has 0 aromatic rings. The summed E-state index contributed by atoms with van der Waals surface area (Å²) in [7, 11) is 0.0600. The highest BCUT2D eigenvalue weighted by atomic mass is 28.2. The summed E-state index contributed by atoms with van der Waals surface area (Å²) >= 11 is 0. The fourth-order valence-corrected chi connectivity index (χ4v) is 1.42. The van der Waals surface area contributed by atoms with E-state index in [4.69, 9.17) is 4.74 Å². The third-order valence-corrected chi connectivity index (χ3v) is 2.29. The van der Waals surface area contributed by atoms with Gasteiger partial charge in [0.15, 0.2) is 0 Å². The Morgan fingerprint density at radius 3 is 3.00 bits per heavy atom. The van der Waals surface area contributed by atoms with Gasteiger partial charge in [-0.1, -0.05) is 6.08 Å². The molecule has 0 aromatic heterocycles. The van der Waals surface area contributed by atoms with Crippen LogP contribution < -0.4 is 0 Å². The fourth-order valence-electron chi connectivity index (χ4n) is 0.474. The van der Waals surface area contributed by atoms with E-state index in [0.29, 0.717) is 0 Å². The van der Waals surface area contributed by atoms with Crippen molar-refractivity contribution in [2.75, 3.05) is 12.8 Å². The fraction of sp³-hybridized carbons (Fsp3) is 0.667. The highest BCUT2D eigenvalue weighted by Crippen LogP contribution is 1.78. The molecule has 8 heavy (non-hydrogen) atoms. The van der Waals surface area contributed by atoms with Gasteiger partial charge in [0, 0.05) is 12.8 Å². The summed E-state index contributed by atoms with van der Waals surface area (Å²) in [5, 5.41) is 0. The van der Waals surface area contributed by atoms with Gasteiger partial charge in [-0.2, -0.15) is 0 Å². The number of hydrogen-bond acceptors (Lipinski definition) is 1. The summed E-state index contributed by atoms with van der Waals surface area (Å²) in [6.45, 7) is 6.53. The second-order valence-corrected chi connectivity index (χ2v) is 3.32. The van der Waals surface area contributed by atoms with Gasteiger partial charge in [-0.3, -0.25) is 0 Å². The molecule has 0 atom stereocenters. The van der Waals surface area contributed by atoms with Gasteiger partial charge in [0.05, 0.1) is 9.52 Å². The van der Waals surface area contributed by atoms with E-state index in [0.717, 1.165) is 12.8 Å². The first-order valence-electron chi connectivity index (χ1n) is 3.10. The highest BCUT2D eigenvalue weighted by molar-refractivity contribution is 6.35. The zero-order valence-corrected chi connectivity index (χ0v) is 6.94. The lowest BCUT2D eigenvalue weighted by Crippen LogP contribution is -2.01. The summed E-state index contributed by atoms with van der Waals surface area (Å²) in [6, 6.07) is 1.21. The van der Waals surface area contributed by atoms with Crippen LogP contribution in [0.25, 0.3) is 0 Å². The molecule has 48 valence electrons. The van der Waals surface area contributed by atoms with Crippen molar-refractivity contribution in [1.29, 1.82) is 0 Å². The van der Waals surface area contributed by atoms with Gasteiger partial charge in [0.1, 0.15) is 0 Å². The van der Waals surface area contributed by atoms with Crippen LogP contribution in [0.5, 0.6) is 0 Å². The first-order chi connectivity index (χ1) is 3.91. The van der Waals surface area contributed by atoms with Gasteiger partial charge in [0.2, 0.25) is 0 Å². The molecular weight excluding hydrogens is 116 g/mol. The van der Waals surface area contributed by atoms with Gasteiger partial charge < -0.3 is 4.74 Å². The number of rotatable bonds is 5. The molecule has 0 aromatic carbocycles. The van der Waals surface area contributed by atoms with Gasteiger partial charge >= 0.3 is 0 Å². The lowest BCUT2D eigenvalue weighted by molar-refractivity contribution is 0.193. The lowest BCUT2D eigenvalue weighted by Gasteiger charge is -1.94. The standard InChI is InChI=1S/C6H14OSi/c1-3-5-8-6-7-4-2/h3H,1,4-6,8H2,2H3. The minimum atomic E-state index is 0.0600. The molecule has 0 amide bonds. The minimum Gasteiger partial charge on any atom is -0.386 e. The summed E-state index contributed by atoms with van der Waals surface area (Å²) in [6.07, 6.45) is 2.99. The summed E-state index contributed by atoms with van der Waals surface area (Å²) < 4.78 is 5.15. The molecule has 0 saturated carbocycles. The Hall–Kier alpha value is -0.0831. The maximum Gasteiger partial charge on any atom is 0.0553 e. The molecule has 0 aliphatic heterocycles. The molecule has 0 spiro atoms. The van der Waals surface area contributed by atoms with Crippen LogP contribution in [-0.2, 0) is 4.74 Å². The van der Waals surface area contributed by atoms with E-state index >= 15 is 0 Å². The summed E-state index contributed by atoms with van der Waals surface area (Å²) in [4.78, 5) is 0. The molecule has 0 saturated heterocycles. The third-order valence-electron chi connectivity index (χ3n) is 0.901. The molecule has 1 nitrogen and oxygen atoms in total. The summed E-state index contributed by atoms with van der Waals surface area (Å²) in [5.41, 5.74) is 0. The maximum absolute atomic E-state index is 5.15. The second-order valence-electron chi connectivity index (χ2n) is 1.63. The Morgan fingerprint density at radius 2 is 2.50 bits per heavy atom. The monoisotopic (exact) mass is 130 g/mol. The molecule has 0 radical (unpaired) electrons. The van der Waals surface area contributed by atoms with Crippen molar-refractivity contribution < 1.29 is 4.74 Å². The van der Waals surface area contributed by atoms with E-state index in [1.807, 2.05) is 13.0 Å². The maximum atomic E-state index is 5.15. The normalized spacial score (nSPS) is 10.6. The van der Waals surface area contributed by atoms with Crippen LogP contribution in [0.2, 0.25) is 6.04 Å². The SMILES string of the molecule is C=CC[SiH2]COCC. The van der Waals surface area contributed by atoms with E-state index < -0.39 is 0 Å². The average Bonchev–Trinajstić information content (AvgIpc) is 1.81. The smallest absolute Gasteiger partial charge is 0.0553 e. The van der Waals surface area contributed by atoms with E-state index in [9.17, 15) is 0 Å². The predicted octanol–water partition coefficient (Wildman–Crippen LogP) is 0.753. The lowest BCUT2D eigenvalue weighted by atomic mass is 10.8. The van der Waals surface area contributed by atoms with Crippen LogP contribution in [0.3, 0.4) is 0 Å². The minimum absolute atomic E-state index is 0.0600. The number of ether oxygens (including phenoxy) is 1. The van der Waals surface area contributed by atoms with Crippen molar-refractivity contribution in [3.05, 3.63) is 12.7 Å². The van der Waals surface area contributed by atoms with Gasteiger partial charge in [-0.25, -0.2) is 0 Å².